The molecule has 1 heterocycles. The van der Waals surface area contributed by atoms with Crippen LogP contribution < -0.4 is 4.74 Å². The predicted molar refractivity (Wildman–Crippen MR) is 82.5 cm³/mol. The summed E-state index contributed by atoms with van der Waals surface area (Å²) in [6.07, 6.45) is 4.09. The van der Waals surface area contributed by atoms with Gasteiger partial charge in [-0.1, -0.05) is 18.0 Å². The van der Waals surface area contributed by atoms with E-state index in [4.69, 9.17) is 16.3 Å². The lowest BCUT2D eigenvalue weighted by atomic mass is 10.0. The lowest BCUT2D eigenvalue weighted by molar-refractivity contribution is 0.130. The molecule has 0 aliphatic carbocycles. The summed E-state index contributed by atoms with van der Waals surface area (Å²) in [5.74, 6) is 0.739. The van der Waals surface area contributed by atoms with Gasteiger partial charge in [0, 0.05) is 17.1 Å². The summed E-state index contributed by atoms with van der Waals surface area (Å²) in [6.45, 7) is 5.77. The van der Waals surface area contributed by atoms with Crippen molar-refractivity contribution in [2.24, 2.45) is 0 Å². The van der Waals surface area contributed by atoms with E-state index < -0.39 is 6.10 Å². The molecule has 0 spiro atoms. The van der Waals surface area contributed by atoms with Crippen molar-refractivity contribution in [2.45, 2.75) is 38.7 Å². The Morgan fingerprint density at radius 3 is 2.75 bits per heavy atom. The van der Waals surface area contributed by atoms with Gasteiger partial charge in [0.15, 0.2) is 0 Å². The summed E-state index contributed by atoms with van der Waals surface area (Å²) in [5, 5.41) is 11.1. The third kappa shape index (κ3) is 4.37. The molecule has 1 atom stereocenters. The second-order valence-electron chi connectivity index (χ2n) is 5.32. The van der Waals surface area contributed by atoms with Crippen LogP contribution in [0.5, 0.6) is 5.75 Å². The standard InChI is InChI=1S/C16H24ClNO2/c1-2-20-16-7-6-13(17)12-14(16)15(19)8-11-18-9-4-3-5-10-18/h6-7,12,15,19H,2-5,8-11H2,1H3. The molecule has 1 N–H and O–H groups in total. The predicted octanol–water partition coefficient (Wildman–Crippen LogP) is 3.65. The van der Waals surface area contributed by atoms with E-state index in [1.165, 1.54) is 19.3 Å². The van der Waals surface area contributed by atoms with Crippen molar-refractivity contribution in [2.75, 3.05) is 26.2 Å². The minimum absolute atomic E-state index is 0.517. The monoisotopic (exact) mass is 297 g/mol. The van der Waals surface area contributed by atoms with Crippen molar-refractivity contribution in [1.29, 1.82) is 0 Å². The third-order valence-corrected chi connectivity index (χ3v) is 4.03. The Kier molecular flexibility index (Phi) is 6.14. The van der Waals surface area contributed by atoms with Gasteiger partial charge in [0.2, 0.25) is 0 Å². The molecule has 0 aromatic heterocycles. The molecule has 1 aromatic rings. The van der Waals surface area contributed by atoms with Gasteiger partial charge >= 0.3 is 0 Å². The van der Waals surface area contributed by atoms with Gasteiger partial charge in [-0.3, -0.25) is 0 Å². The van der Waals surface area contributed by atoms with Gasteiger partial charge in [-0.2, -0.15) is 0 Å². The molecule has 1 aromatic carbocycles. The van der Waals surface area contributed by atoms with E-state index in [0.29, 0.717) is 11.6 Å². The second-order valence-corrected chi connectivity index (χ2v) is 5.76. The number of rotatable bonds is 6. The van der Waals surface area contributed by atoms with Gasteiger partial charge in [0.05, 0.1) is 12.7 Å². The Labute approximate surface area is 126 Å². The van der Waals surface area contributed by atoms with Crippen LogP contribution >= 0.6 is 11.6 Å². The third-order valence-electron chi connectivity index (χ3n) is 3.80. The highest BCUT2D eigenvalue weighted by Gasteiger charge is 2.17. The molecule has 0 bridgehead atoms. The summed E-state index contributed by atoms with van der Waals surface area (Å²) in [4.78, 5) is 2.43. The molecular weight excluding hydrogens is 274 g/mol. The molecule has 0 saturated carbocycles. The van der Waals surface area contributed by atoms with Crippen LogP contribution in [0.2, 0.25) is 5.02 Å². The lowest BCUT2D eigenvalue weighted by Crippen LogP contribution is -2.31. The topological polar surface area (TPSA) is 32.7 Å². The Bertz CT molecular complexity index is 419. The largest absolute Gasteiger partial charge is 0.493 e. The molecule has 1 saturated heterocycles. The summed E-state index contributed by atoms with van der Waals surface area (Å²) < 4.78 is 5.57. The van der Waals surface area contributed by atoms with Crippen molar-refractivity contribution in [1.82, 2.24) is 4.90 Å². The number of hydrogen-bond acceptors (Lipinski definition) is 3. The Balaban J connectivity index is 1.96. The molecule has 1 aliphatic rings. The van der Waals surface area contributed by atoms with Gasteiger partial charge in [0.1, 0.15) is 5.75 Å². The maximum absolute atomic E-state index is 10.4. The number of piperidine rings is 1. The lowest BCUT2D eigenvalue weighted by Gasteiger charge is -2.27. The molecule has 4 heteroatoms. The summed E-state index contributed by atoms with van der Waals surface area (Å²) >= 11 is 6.03. The first-order valence-corrected chi connectivity index (χ1v) is 7.91. The van der Waals surface area contributed by atoms with Crippen LogP contribution in [-0.4, -0.2) is 36.2 Å². The van der Waals surface area contributed by atoms with Crippen LogP contribution in [0.25, 0.3) is 0 Å². The molecule has 3 nitrogen and oxygen atoms in total. The van der Waals surface area contributed by atoms with E-state index in [1.807, 2.05) is 19.1 Å². The van der Waals surface area contributed by atoms with Crippen LogP contribution in [-0.2, 0) is 0 Å². The molecule has 1 unspecified atom stereocenters. The number of likely N-dealkylation sites (tertiary alicyclic amines) is 1. The fourth-order valence-electron chi connectivity index (χ4n) is 2.71. The van der Waals surface area contributed by atoms with Crippen LogP contribution in [0.3, 0.4) is 0 Å². The Hall–Kier alpha value is -0.770. The Morgan fingerprint density at radius 2 is 2.05 bits per heavy atom. The highest BCUT2D eigenvalue weighted by molar-refractivity contribution is 6.30. The number of nitrogens with zero attached hydrogens (tertiary/aromatic N) is 1. The van der Waals surface area contributed by atoms with Crippen LogP contribution in [0.15, 0.2) is 18.2 Å². The smallest absolute Gasteiger partial charge is 0.125 e. The van der Waals surface area contributed by atoms with Gasteiger partial charge in [0.25, 0.3) is 0 Å². The van der Waals surface area contributed by atoms with Gasteiger partial charge < -0.3 is 14.7 Å². The minimum Gasteiger partial charge on any atom is -0.493 e. The molecule has 112 valence electrons. The van der Waals surface area contributed by atoms with E-state index in [1.54, 1.807) is 6.07 Å². The van der Waals surface area contributed by atoms with E-state index in [-0.39, 0.29) is 0 Å². The van der Waals surface area contributed by atoms with Gasteiger partial charge in [-0.25, -0.2) is 0 Å². The highest BCUT2D eigenvalue weighted by atomic mass is 35.5. The van der Waals surface area contributed by atoms with E-state index >= 15 is 0 Å². The SMILES string of the molecule is CCOc1ccc(Cl)cc1C(O)CCN1CCCCC1. The summed E-state index contributed by atoms with van der Waals surface area (Å²) in [6, 6.07) is 5.45. The fraction of sp³-hybridized carbons (Fsp3) is 0.625. The molecule has 0 amide bonds. The minimum atomic E-state index is -0.517. The zero-order valence-electron chi connectivity index (χ0n) is 12.1. The van der Waals surface area contributed by atoms with E-state index in [2.05, 4.69) is 4.90 Å². The first-order valence-electron chi connectivity index (χ1n) is 7.53. The average Bonchev–Trinajstić information content (AvgIpc) is 2.48. The fourth-order valence-corrected chi connectivity index (χ4v) is 2.89. The van der Waals surface area contributed by atoms with Crippen molar-refractivity contribution >= 4 is 11.6 Å². The molecular formula is C16H24ClNO2. The first kappa shape index (κ1) is 15.6. The average molecular weight is 298 g/mol. The normalized spacial score (nSPS) is 17.9. The van der Waals surface area contributed by atoms with E-state index in [9.17, 15) is 5.11 Å². The number of ether oxygens (including phenoxy) is 1. The maximum Gasteiger partial charge on any atom is 0.125 e. The van der Waals surface area contributed by atoms with Crippen molar-refractivity contribution < 1.29 is 9.84 Å². The zero-order chi connectivity index (χ0) is 14.4. The van der Waals surface area contributed by atoms with E-state index in [0.717, 1.165) is 37.4 Å². The first-order chi connectivity index (χ1) is 9.70. The number of halogens is 1. The van der Waals surface area contributed by atoms with Crippen molar-refractivity contribution in [3.05, 3.63) is 28.8 Å². The quantitative estimate of drug-likeness (QED) is 0.870. The van der Waals surface area contributed by atoms with Gasteiger partial charge in [-0.15, -0.1) is 0 Å². The summed E-state index contributed by atoms with van der Waals surface area (Å²) in [5.41, 5.74) is 0.802. The maximum atomic E-state index is 10.4. The summed E-state index contributed by atoms with van der Waals surface area (Å²) in [7, 11) is 0. The second kappa shape index (κ2) is 7.87. The van der Waals surface area contributed by atoms with Crippen molar-refractivity contribution in [3.63, 3.8) is 0 Å². The van der Waals surface area contributed by atoms with Crippen molar-refractivity contribution in [3.8, 4) is 5.75 Å². The van der Waals surface area contributed by atoms with Crippen LogP contribution in [0.1, 0.15) is 44.3 Å². The number of hydrogen-bond donors (Lipinski definition) is 1. The molecule has 20 heavy (non-hydrogen) atoms. The molecule has 2 rings (SSSR count). The molecule has 0 radical (unpaired) electrons. The number of benzene rings is 1. The van der Waals surface area contributed by atoms with Crippen LogP contribution in [0, 0.1) is 0 Å². The van der Waals surface area contributed by atoms with Gasteiger partial charge in [-0.05, 0) is 57.5 Å². The zero-order valence-corrected chi connectivity index (χ0v) is 12.9. The molecule has 1 aliphatic heterocycles. The highest BCUT2D eigenvalue weighted by Crippen LogP contribution is 2.30. The number of aliphatic hydroxyl groups excluding tert-OH is 1. The number of aliphatic hydroxyl groups is 1. The molecule has 1 fully saturated rings. The van der Waals surface area contributed by atoms with Crippen LogP contribution in [0.4, 0.5) is 0 Å². The Morgan fingerprint density at radius 1 is 1.30 bits per heavy atom.